The number of aliphatic hydroxyl groups excluding tert-OH is 2. The summed E-state index contributed by atoms with van der Waals surface area (Å²) in [5, 5.41) is 24.8. The minimum absolute atomic E-state index is 0.0239. The molecular weight excluding hydrogens is 414 g/mol. The van der Waals surface area contributed by atoms with Gasteiger partial charge in [0.1, 0.15) is 18.1 Å². The van der Waals surface area contributed by atoms with E-state index in [0.29, 0.717) is 32.2 Å². The number of Topliss-reactive ketones (excluding diaryl/α,β-unsaturated/α-hetero) is 1. The van der Waals surface area contributed by atoms with Crippen LogP contribution in [-0.4, -0.2) is 67.5 Å². The van der Waals surface area contributed by atoms with Gasteiger partial charge in [-0.1, -0.05) is 19.4 Å². The van der Waals surface area contributed by atoms with Crippen molar-refractivity contribution in [2.24, 2.45) is 34.5 Å². The van der Waals surface area contributed by atoms with Crippen molar-refractivity contribution >= 4 is 17.7 Å². The Morgan fingerprint density at radius 2 is 1.94 bits per heavy atom. The average molecular weight is 452 g/mol. The van der Waals surface area contributed by atoms with E-state index in [4.69, 9.17) is 9.47 Å². The molecule has 0 saturated heterocycles. The number of allylic oxidation sites excluding steroid dienone is 1. The third kappa shape index (κ3) is 3.80. The molecule has 0 aromatic heterocycles. The van der Waals surface area contributed by atoms with Crippen LogP contribution in [-0.2, 0) is 23.9 Å². The molecule has 3 fully saturated rings. The summed E-state index contributed by atoms with van der Waals surface area (Å²) < 4.78 is 10.2. The fourth-order valence-electron chi connectivity index (χ4n) is 6.87. The van der Waals surface area contributed by atoms with Crippen LogP contribution in [0.5, 0.6) is 0 Å². The first kappa shape index (κ1) is 24.9. The number of hydrogen-bond acceptors (Lipinski definition) is 8. The molecule has 0 bridgehead atoms. The van der Waals surface area contributed by atoms with E-state index in [1.165, 1.54) is 13.2 Å². The number of likely N-dealkylation sites (N-methyl/N-ethyl adjacent to an activating group) is 1. The summed E-state index contributed by atoms with van der Waals surface area (Å²) in [5.41, 5.74) is -1.08. The fourth-order valence-corrected chi connectivity index (χ4v) is 6.87. The lowest BCUT2D eigenvalue weighted by molar-refractivity contribution is -0.209. The van der Waals surface area contributed by atoms with Gasteiger partial charge in [0.25, 0.3) is 0 Å². The predicted octanol–water partition coefficient (Wildman–Crippen LogP) is 1.24. The van der Waals surface area contributed by atoms with Gasteiger partial charge in [0, 0.05) is 24.5 Å². The molecule has 3 aliphatic carbocycles. The first-order valence-electron chi connectivity index (χ1n) is 11.5. The number of hydrogen-bond donors (Lipinski definition) is 3. The molecule has 8 atom stereocenters. The number of carbonyl (C=O) groups excluding carboxylic acids is 3. The van der Waals surface area contributed by atoms with Crippen LogP contribution in [0.4, 0.5) is 0 Å². The zero-order chi connectivity index (χ0) is 23.8. The standard InChI is InChI=1S/C24H37NO7/c1-13-14(12-17(27)32-11-10-25-4)6-7-15-18(13)19(28)20(29)21-23(15,2)9-8-16(26)24(21,3)22(30)31-5/h12-13,15-16,18-19,21,25-26,28H,6-11H2,1-5H3/b14-12+/t13-,15-,16-,18-,19+,21+,23+,24-/m0/s1. The third-order valence-electron chi connectivity index (χ3n) is 8.59. The SMILES string of the molecule is CNCCOC(=O)/C=C1\CC[C@H]2[C@@H]([C@@H](O)C(=O)[C@@H]3[C@]2(C)CC[C@H](O)[C@]3(C)C(=O)OC)[C@H]1C. The molecule has 0 amide bonds. The van der Waals surface area contributed by atoms with Gasteiger partial charge in [-0.05, 0) is 56.9 Å². The first-order valence-corrected chi connectivity index (χ1v) is 11.5. The highest BCUT2D eigenvalue weighted by molar-refractivity contribution is 5.94. The first-order chi connectivity index (χ1) is 15.0. The maximum Gasteiger partial charge on any atom is 0.330 e. The van der Waals surface area contributed by atoms with Gasteiger partial charge in [0.2, 0.25) is 0 Å². The van der Waals surface area contributed by atoms with Gasteiger partial charge in [-0.15, -0.1) is 0 Å². The molecule has 3 aliphatic rings. The van der Waals surface area contributed by atoms with Crippen LogP contribution < -0.4 is 5.32 Å². The van der Waals surface area contributed by atoms with Crippen molar-refractivity contribution in [2.45, 2.75) is 58.7 Å². The number of nitrogens with one attached hydrogen (secondary N) is 1. The van der Waals surface area contributed by atoms with Gasteiger partial charge < -0.3 is 25.0 Å². The second-order valence-corrected chi connectivity index (χ2v) is 10.1. The summed E-state index contributed by atoms with van der Waals surface area (Å²) in [6, 6.07) is 0. The third-order valence-corrected chi connectivity index (χ3v) is 8.59. The Hall–Kier alpha value is -1.77. The summed E-state index contributed by atoms with van der Waals surface area (Å²) in [5.74, 6) is -2.83. The van der Waals surface area contributed by atoms with Crippen LogP contribution >= 0.6 is 0 Å². The van der Waals surface area contributed by atoms with Gasteiger partial charge in [-0.3, -0.25) is 9.59 Å². The van der Waals surface area contributed by atoms with Crippen molar-refractivity contribution in [2.75, 3.05) is 27.3 Å². The molecule has 0 radical (unpaired) electrons. The van der Waals surface area contributed by atoms with E-state index in [9.17, 15) is 24.6 Å². The number of ether oxygens (including phenoxy) is 2. The molecule has 0 heterocycles. The van der Waals surface area contributed by atoms with Gasteiger partial charge in [-0.2, -0.15) is 0 Å². The Balaban J connectivity index is 1.93. The Kier molecular flexibility index (Phi) is 7.17. The van der Waals surface area contributed by atoms with Gasteiger partial charge in [-0.25, -0.2) is 4.79 Å². The number of carbonyl (C=O) groups is 3. The molecule has 0 aromatic carbocycles. The summed E-state index contributed by atoms with van der Waals surface area (Å²) in [4.78, 5) is 38.6. The van der Waals surface area contributed by atoms with Crippen molar-refractivity contribution < 1.29 is 34.1 Å². The molecule has 0 spiro atoms. The van der Waals surface area contributed by atoms with Crippen LogP contribution in [0.1, 0.15) is 46.5 Å². The van der Waals surface area contributed by atoms with Crippen LogP contribution in [0, 0.1) is 34.5 Å². The minimum atomic E-state index is -1.40. The normalized spacial score (nSPS) is 42.7. The Bertz CT molecular complexity index is 795. The van der Waals surface area contributed by atoms with Crippen molar-refractivity contribution in [3.05, 3.63) is 11.6 Å². The van der Waals surface area contributed by atoms with E-state index in [1.54, 1.807) is 14.0 Å². The molecule has 8 heteroatoms. The second-order valence-electron chi connectivity index (χ2n) is 10.1. The molecule has 180 valence electrons. The molecule has 3 saturated carbocycles. The topological polar surface area (TPSA) is 122 Å². The molecule has 0 aromatic rings. The lowest BCUT2D eigenvalue weighted by Gasteiger charge is -2.62. The average Bonchev–Trinajstić information content (AvgIpc) is 2.76. The number of methoxy groups -OCH3 is 1. The zero-order valence-corrected chi connectivity index (χ0v) is 19.7. The van der Waals surface area contributed by atoms with Crippen molar-refractivity contribution in [1.29, 1.82) is 0 Å². The lowest BCUT2D eigenvalue weighted by atomic mass is 9.41. The largest absolute Gasteiger partial charge is 0.469 e. The van der Waals surface area contributed by atoms with E-state index in [0.717, 1.165) is 5.57 Å². The Morgan fingerprint density at radius 1 is 1.25 bits per heavy atom. The monoisotopic (exact) mass is 451 g/mol. The van der Waals surface area contributed by atoms with Gasteiger partial charge in [0.05, 0.1) is 13.2 Å². The molecule has 32 heavy (non-hydrogen) atoms. The van der Waals surface area contributed by atoms with E-state index in [-0.39, 0.29) is 24.4 Å². The highest BCUT2D eigenvalue weighted by atomic mass is 16.5. The van der Waals surface area contributed by atoms with E-state index < -0.39 is 46.7 Å². The summed E-state index contributed by atoms with van der Waals surface area (Å²) in [6.45, 7) is 6.39. The summed E-state index contributed by atoms with van der Waals surface area (Å²) in [6.07, 6.45) is 1.55. The molecule has 3 N–H and O–H groups in total. The highest BCUT2D eigenvalue weighted by Gasteiger charge is 2.68. The molecule has 0 aliphatic heterocycles. The Morgan fingerprint density at radius 3 is 2.56 bits per heavy atom. The van der Waals surface area contributed by atoms with Crippen LogP contribution in [0.2, 0.25) is 0 Å². The van der Waals surface area contributed by atoms with Crippen LogP contribution in [0.3, 0.4) is 0 Å². The maximum absolute atomic E-state index is 13.6. The molecule has 3 rings (SSSR count). The number of rotatable bonds is 5. The van der Waals surface area contributed by atoms with Crippen molar-refractivity contribution in [3.8, 4) is 0 Å². The fraction of sp³-hybridized carbons (Fsp3) is 0.792. The number of ketones is 1. The number of fused-ring (bicyclic) bond motifs is 3. The minimum Gasteiger partial charge on any atom is -0.469 e. The summed E-state index contributed by atoms with van der Waals surface area (Å²) in [7, 11) is 3.04. The number of aliphatic hydroxyl groups is 2. The molecule has 0 unspecified atom stereocenters. The molecule has 8 nitrogen and oxygen atoms in total. The zero-order valence-electron chi connectivity index (χ0n) is 19.7. The van der Waals surface area contributed by atoms with Crippen molar-refractivity contribution in [3.63, 3.8) is 0 Å². The lowest BCUT2D eigenvalue weighted by Crippen LogP contribution is -2.68. The van der Waals surface area contributed by atoms with Gasteiger partial charge >= 0.3 is 11.9 Å². The maximum atomic E-state index is 13.6. The summed E-state index contributed by atoms with van der Waals surface area (Å²) >= 11 is 0. The van der Waals surface area contributed by atoms with Crippen LogP contribution in [0.15, 0.2) is 11.6 Å². The van der Waals surface area contributed by atoms with Gasteiger partial charge in [0.15, 0.2) is 5.78 Å². The van der Waals surface area contributed by atoms with Crippen LogP contribution in [0.25, 0.3) is 0 Å². The molecular formula is C24H37NO7. The van der Waals surface area contributed by atoms with Crippen molar-refractivity contribution in [1.82, 2.24) is 5.32 Å². The number of esters is 2. The van der Waals surface area contributed by atoms with E-state index in [2.05, 4.69) is 5.32 Å². The highest BCUT2D eigenvalue weighted by Crippen LogP contribution is 2.64. The Labute approximate surface area is 189 Å². The predicted molar refractivity (Wildman–Crippen MR) is 116 cm³/mol. The van der Waals surface area contributed by atoms with E-state index in [1.807, 2.05) is 13.8 Å². The quantitative estimate of drug-likeness (QED) is 0.324. The second kappa shape index (κ2) is 9.23. The van der Waals surface area contributed by atoms with E-state index >= 15 is 0 Å². The smallest absolute Gasteiger partial charge is 0.330 e.